The zero-order valence-corrected chi connectivity index (χ0v) is 9.24. The average molecular weight is 230 g/mol. The summed E-state index contributed by atoms with van der Waals surface area (Å²) in [7, 11) is 0. The Hall–Kier alpha value is -2.01. The zero-order valence-electron chi connectivity index (χ0n) is 8.42. The van der Waals surface area contributed by atoms with E-state index in [9.17, 15) is 0 Å². The summed E-state index contributed by atoms with van der Waals surface area (Å²) in [6.07, 6.45) is 5.08. The van der Waals surface area contributed by atoms with Gasteiger partial charge in [0.05, 0.1) is 11.9 Å². The smallest absolute Gasteiger partial charge is 0.130 e. The molecule has 2 aromatic rings. The van der Waals surface area contributed by atoms with E-state index in [2.05, 4.69) is 15.3 Å². The molecule has 0 aliphatic heterocycles. The van der Waals surface area contributed by atoms with Crippen molar-refractivity contribution in [3.05, 3.63) is 48.4 Å². The van der Waals surface area contributed by atoms with Gasteiger partial charge in [-0.15, -0.1) is 0 Å². The lowest BCUT2D eigenvalue weighted by molar-refractivity contribution is 1.27. The fraction of sp³-hybridized carbons (Fsp3) is 0. The molecule has 0 radical (unpaired) electrons. The van der Waals surface area contributed by atoms with Crippen LogP contribution in [0.15, 0.2) is 42.9 Å². The third kappa shape index (κ3) is 2.52. The van der Waals surface area contributed by atoms with Crippen LogP contribution in [0.5, 0.6) is 0 Å². The molecule has 4 nitrogen and oxygen atoms in total. The summed E-state index contributed by atoms with van der Waals surface area (Å²) < 4.78 is 0. The molecule has 0 aliphatic carbocycles. The van der Waals surface area contributed by atoms with Crippen LogP contribution in [-0.2, 0) is 0 Å². The summed E-state index contributed by atoms with van der Waals surface area (Å²) in [6, 6.07) is 7.41. The van der Waals surface area contributed by atoms with Crippen LogP contribution in [-0.4, -0.2) is 15.0 Å². The lowest BCUT2D eigenvalue weighted by Gasteiger charge is -2.05. The Balaban J connectivity index is 2.14. The highest BCUT2D eigenvalue weighted by atomic mass is 32.1. The molecule has 0 atom stereocenters. The first-order chi connectivity index (χ1) is 7.75. The maximum atomic E-state index is 5.48. The molecule has 0 saturated heterocycles. The number of aromatic nitrogens is 2. The van der Waals surface area contributed by atoms with E-state index >= 15 is 0 Å². The Bertz CT molecular complexity index is 481. The lowest BCUT2D eigenvalue weighted by Crippen LogP contribution is -2.09. The molecule has 16 heavy (non-hydrogen) atoms. The Labute approximate surface area is 98.5 Å². The topological polar surface area (TPSA) is 63.8 Å². The van der Waals surface area contributed by atoms with Gasteiger partial charge in [-0.2, -0.15) is 0 Å². The van der Waals surface area contributed by atoms with Crippen molar-refractivity contribution < 1.29 is 0 Å². The molecule has 0 fully saturated rings. The number of hydrogen-bond acceptors (Lipinski definition) is 4. The Morgan fingerprint density at radius 2 is 2.12 bits per heavy atom. The minimum absolute atomic E-state index is 0.348. The number of anilines is 2. The molecule has 0 saturated carbocycles. The van der Waals surface area contributed by atoms with Crippen LogP contribution < -0.4 is 11.1 Å². The Morgan fingerprint density at radius 3 is 2.69 bits per heavy atom. The second-order valence-electron chi connectivity index (χ2n) is 3.16. The first kappa shape index (κ1) is 10.5. The van der Waals surface area contributed by atoms with E-state index in [1.807, 2.05) is 24.3 Å². The molecule has 0 aliphatic rings. The van der Waals surface area contributed by atoms with Gasteiger partial charge in [-0.05, 0) is 24.3 Å². The molecular formula is C11H10N4S. The molecule has 3 N–H and O–H groups in total. The quantitative estimate of drug-likeness (QED) is 0.788. The standard InChI is InChI=1S/C11H10N4S/c12-11(16)8-3-4-10(14-6-8)15-9-2-1-5-13-7-9/h1-7H,(H2,12,16)(H,14,15). The molecule has 0 spiro atoms. The predicted molar refractivity (Wildman–Crippen MR) is 67.6 cm³/mol. The van der Waals surface area contributed by atoms with Crippen LogP contribution in [0, 0.1) is 0 Å². The third-order valence-electron chi connectivity index (χ3n) is 1.98. The van der Waals surface area contributed by atoms with Crippen molar-refractivity contribution in [3.63, 3.8) is 0 Å². The van der Waals surface area contributed by atoms with Crippen molar-refractivity contribution in [3.8, 4) is 0 Å². The van der Waals surface area contributed by atoms with E-state index in [4.69, 9.17) is 18.0 Å². The van der Waals surface area contributed by atoms with Gasteiger partial charge in [0.25, 0.3) is 0 Å². The molecule has 2 aromatic heterocycles. The van der Waals surface area contributed by atoms with Gasteiger partial charge in [0.15, 0.2) is 0 Å². The highest BCUT2D eigenvalue weighted by Crippen LogP contribution is 2.12. The maximum Gasteiger partial charge on any atom is 0.130 e. The van der Waals surface area contributed by atoms with Crippen LogP contribution in [0.4, 0.5) is 11.5 Å². The molecule has 80 valence electrons. The first-order valence-electron chi connectivity index (χ1n) is 4.68. The number of hydrogen-bond donors (Lipinski definition) is 2. The minimum atomic E-state index is 0.348. The van der Waals surface area contributed by atoms with Crippen molar-refractivity contribution in [1.82, 2.24) is 9.97 Å². The number of thiocarbonyl (C=S) groups is 1. The largest absolute Gasteiger partial charge is 0.389 e. The summed E-state index contributed by atoms with van der Waals surface area (Å²) in [5.41, 5.74) is 7.12. The Morgan fingerprint density at radius 1 is 1.25 bits per heavy atom. The van der Waals surface area contributed by atoms with Gasteiger partial charge in [0.1, 0.15) is 10.8 Å². The molecule has 2 rings (SSSR count). The van der Waals surface area contributed by atoms with Gasteiger partial charge in [-0.25, -0.2) is 4.98 Å². The average Bonchev–Trinajstić information content (AvgIpc) is 2.31. The van der Waals surface area contributed by atoms with E-state index in [0.717, 1.165) is 17.1 Å². The molecule has 2 heterocycles. The van der Waals surface area contributed by atoms with Crippen LogP contribution in [0.3, 0.4) is 0 Å². The van der Waals surface area contributed by atoms with E-state index in [0.29, 0.717) is 4.99 Å². The molecule has 0 unspecified atom stereocenters. The maximum absolute atomic E-state index is 5.48. The SMILES string of the molecule is NC(=S)c1ccc(Nc2cccnc2)nc1. The third-order valence-corrected chi connectivity index (χ3v) is 2.22. The van der Waals surface area contributed by atoms with Crippen LogP contribution >= 0.6 is 12.2 Å². The number of nitrogens with one attached hydrogen (secondary N) is 1. The van der Waals surface area contributed by atoms with Crippen molar-refractivity contribution >= 4 is 28.7 Å². The van der Waals surface area contributed by atoms with Gasteiger partial charge in [0, 0.05) is 18.0 Å². The normalized spacial score (nSPS) is 9.75. The van der Waals surface area contributed by atoms with E-state index in [1.165, 1.54) is 0 Å². The van der Waals surface area contributed by atoms with Crippen molar-refractivity contribution in [2.24, 2.45) is 5.73 Å². The van der Waals surface area contributed by atoms with Crippen LogP contribution in [0.25, 0.3) is 0 Å². The lowest BCUT2D eigenvalue weighted by atomic mass is 10.3. The summed E-state index contributed by atoms with van der Waals surface area (Å²) >= 11 is 4.84. The second-order valence-corrected chi connectivity index (χ2v) is 3.60. The summed E-state index contributed by atoms with van der Waals surface area (Å²) in [5, 5.41) is 3.11. The fourth-order valence-corrected chi connectivity index (χ4v) is 1.32. The number of pyridine rings is 2. The molecule has 5 heteroatoms. The van der Waals surface area contributed by atoms with Crippen molar-refractivity contribution in [2.75, 3.05) is 5.32 Å². The fourth-order valence-electron chi connectivity index (χ4n) is 1.20. The van der Waals surface area contributed by atoms with Gasteiger partial charge in [-0.3, -0.25) is 4.98 Å². The highest BCUT2D eigenvalue weighted by Gasteiger charge is 1.98. The summed E-state index contributed by atoms with van der Waals surface area (Å²) in [4.78, 5) is 8.53. The highest BCUT2D eigenvalue weighted by molar-refractivity contribution is 7.80. The van der Waals surface area contributed by atoms with Crippen LogP contribution in [0.2, 0.25) is 0 Å². The molecular weight excluding hydrogens is 220 g/mol. The molecule has 0 aromatic carbocycles. The Kier molecular flexibility index (Phi) is 3.07. The van der Waals surface area contributed by atoms with Gasteiger partial charge in [0.2, 0.25) is 0 Å². The van der Waals surface area contributed by atoms with Gasteiger partial charge >= 0.3 is 0 Å². The predicted octanol–water partition coefficient (Wildman–Crippen LogP) is 1.85. The van der Waals surface area contributed by atoms with Crippen LogP contribution in [0.1, 0.15) is 5.56 Å². The number of nitrogens with two attached hydrogens (primary N) is 1. The molecule has 0 amide bonds. The van der Waals surface area contributed by atoms with E-state index in [1.54, 1.807) is 18.6 Å². The van der Waals surface area contributed by atoms with Gasteiger partial charge < -0.3 is 11.1 Å². The molecule has 0 bridgehead atoms. The van der Waals surface area contributed by atoms with Crippen molar-refractivity contribution in [2.45, 2.75) is 0 Å². The monoisotopic (exact) mass is 230 g/mol. The summed E-state index contributed by atoms with van der Waals surface area (Å²) in [5.74, 6) is 0.730. The summed E-state index contributed by atoms with van der Waals surface area (Å²) in [6.45, 7) is 0. The first-order valence-corrected chi connectivity index (χ1v) is 5.09. The van der Waals surface area contributed by atoms with Gasteiger partial charge in [-0.1, -0.05) is 12.2 Å². The van der Waals surface area contributed by atoms with E-state index in [-0.39, 0.29) is 0 Å². The van der Waals surface area contributed by atoms with E-state index < -0.39 is 0 Å². The van der Waals surface area contributed by atoms with Crippen molar-refractivity contribution in [1.29, 1.82) is 0 Å². The second kappa shape index (κ2) is 4.67. The minimum Gasteiger partial charge on any atom is -0.389 e. The number of nitrogens with zero attached hydrogens (tertiary/aromatic N) is 2. The number of rotatable bonds is 3. The zero-order chi connectivity index (χ0) is 11.4.